The molecule has 3 aliphatic heterocycles. The van der Waals surface area contributed by atoms with Gasteiger partial charge in [-0.2, -0.15) is 0 Å². The van der Waals surface area contributed by atoms with Gasteiger partial charge in [0.05, 0.1) is 11.1 Å². The van der Waals surface area contributed by atoms with E-state index in [-0.39, 0.29) is 30.4 Å². The van der Waals surface area contributed by atoms with Gasteiger partial charge in [-0.3, -0.25) is 24.1 Å². The van der Waals surface area contributed by atoms with E-state index in [9.17, 15) is 19.2 Å². The fourth-order valence-electron chi connectivity index (χ4n) is 5.05. The van der Waals surface area contributed by atoms with Crippen LogP contribution in [0.4, 0.5) is 5.69 Å². The Bertz CT molecular complexity index is 1180. The molecular formula is C27H29N3O6. The van der Waals surface area contributed by atoms with Crippen LogP contribution in [-0.2, 0) is 9.59 Å². The number of ether oxygens (including phenoxy) is 2. The van der Waals surface area contributed by atoms with Crippen LogP contribution in [0.5, 0.6) is 11.5 Å². The topological polar surface area (TPSA) is 105 Å². The smallest absolute Gasteiger partial charge is 0.262 e. The van der Waals surface area contributed by atoms with Crippen LogP contribution >= 0.6 is 0 Å². The quantitative estimate of drug-likeness (QED) is 0.622. The third-order valence-corrected chi connectivity index (χ3v) is 6.93. The molecule has 0 aromatic heterocycles. The maximum absolute atomic E-state index is 13.6. The Hall–Kier alpha value is -3.88. The molecule has 0 radical (unpaired) electrons. The number of piperidine rings is 1. The van der Waals surface area contributed by atoms with Gasteiger partial charge in [0.1, 0.15) is 6.04 Å². The number of fused-ring (bicyclic) bond motifs is 2. The average Bonchev–Trinajstić information content (AvgIpc) is 3.44. The highest BCUT2D eigenvalue weighted by molar-refractivity contribution is 6.22. The molecule has 188 valence electrons. The minimum atomic E-state index is -0.864. The molecule has 9 nitrogen and oxygen atoms in total. The molecule has 4 amide bonds. The third kappa shape index (κ3) is 4.41. The van der Waals surface area contributed by atoms with Crippen molar-refractivity contribution in [2.75, 3.05) is 25.2 Å². The number of rotatable bonds is 6. The summed E-state index contributed by atoms with van der Waals surface area (Å²) in [5, 5.41) is 2.93. The Labute approximate surface area is 209 Å². The van der Waals surface area contributed by atoms with Crippen molar-refractivity contribution in [2.45, 2.75) is 39.2 Å². The van der Waals surface area contributed by atoms with Gasteiger partial charge in [-0.1, -0.05) is 26.0 Å². The summed E-state index contributed by atoms with van der Waals surface area (Å²) in [6, 6.07) is 11.1. The van der Waals surface area contributed by atoms with Crippen LogP contribution in [0.2, 0.25) is 0 Å². The summed E-state index contributed by atoms with van der Waals surface area (Å²) in [5.74, 6) is -0.102. The summed E-state index contributed by atoms with van der Waals surface area (Å²) in [5.41, 5.74) is 1.30. The highest BCUT2D eigenvalue weighted by Crippen LogP contribution is 2.35. The van der Waals surface area contributed by atoms with Crippen LogP contribution in [0.1, 0.15) is 53.8 Å². The van der Waals surface area contributed by atoms with Crippen molar-refractivity contribution in [3.8, 4) is 11.5 Å². The lowest BCUT2D eigenvalue weighted by atomic mass is 9.94. The number of hydrogen-bond acceptors (Lipinski definition) is 6. The first-order valence-corrected chi connectivity index (χ1v) is 12.3. The second kappa shape index (κ2) is 9.64. The van der Waals surface area contributed by atoms with Crippen molar-refractivity contribution in [3.63, 3.8) is 0 Å². The van der Waals surface area contributed by atoms with Gasteiger partial charge in [-0.15, -0.1) is 0 Å². The first-order valence-electron chi connectivity index (χ1n) is 12.3. The second-order valence-corrected chi connectivity index (χ2v) is 9.83. The van der Waals surface area contributed by atoms with E-state index in [1.54, 1.807) is 47.4 Å². The fourth-order valence-corrected chi connectivity index (χ4v) is 5.05. The van der Waals surface area contributed by atoms with Crippen molar-refractivity contribution >= 4 is 29.3 Å². The van der Waals surface area contributed by atoms with Crippen molar-refractivity contribution in [1.29, 1.82) is 0 Å². The second-order valence-electron chi connectivity index (χ2n) is 9.83. The van der Waals surface area contributed by atoms with Crippen LogP contribution in [0.15, 0.2) is 42.5 Å². The highest BCUT2D eigenvalue weighted by Gasteiger charge is 2.44. The number of nitrogens with one attached hydrogen (secondary N) is 1. The summed E-state index contributed by atoms with van der Waals surface area (Å²) in [4.78, 5) is 55.4. The van der Waals surface area contributed by atoms with Crippen molar-refractivity contribution in [1.82, 2.24) is 9.80 Å². The molecule has 0 saturated carbocycles. The monoisotopic (exact) mass is 491 g/mol. The van der Waals surface area contributed by atoms with Crippen LogP contribution < -0.4 is 14.8 Å². The zero-order valence-electron chi connectivity index (χ0n) is 20.4. The van der Waals surface area contributed by atoms with Gasteiger partial charge in [0, 0.05) is 30.8 Å². The number of amides is 4. The fraction of sp³-hybridized carbons (Fsp3) is 0.407. The molecule has 1 N–H and O–H groups in total. The number of benzene rings is 2. The first-order chi connectivity index (χ1) is 17.3. The number of carbonyl (C=O) groups is 4. The Morgan fingerprint density at radius 3 is 2.25 bits per heavy atom. The number of likely N-dealkylation sites (tertiary alicyclic amines) is 1. The van der Waals surface area contributed by atoms with Gasteiger partial charge in [0.2, 0.25) is 18.6 Å². The van der Waals surface area contributed by atoms with E-state index in [2.05, 4.69) is 5.32 Å². The predicted octanol–water partition coefficient (Wildman–Crippen LogP) is 3.30. The van der Waals surface area contributed by atoms with Crippen LogP contribution in [0, 0.1) is 11.8 Å². The Morgan fingerprint density at radius 2 is 1.61 bits per heavy atom. The maximum atomic E-state index is 13.6. The molecule has 2 aromatic rings. The standard InChI is InChI=1S/C27H29N3O6/c1-16(2)13-21(30-25(32)19-5-3-4-6-20(19)26(30)33)27(34)29-11-9-17(10-12-29)24(31)28-18-7-8-22-23(14-18)36-15-35-22/h3-8,14,16-17,21H,9-13,15H2,1-2H3,(H,28,31)/t21-/m1/s1. The van der Waals surface area contributed by atoms with Gasteiger partial charge in [-0.05, 0) is 49.4 Å². The summed E-state index contributed by atoms with van der Waals surface area (Å²) < 4.78 is 10.7. The molecule has 5 rings (SSSR count). The number of hydrogen-bond donors (Lipinski definition) is 1. The van der Waals surface area contributed by atoms with Gasteiger partial charge in [-0.25, -0.2) is 0 Å². The van der Waals surface area contributed by atoms with Gasteiger partial charge < -0.3 is 19.7 Å². The lowest BCUT2D eigenvalue weighted by Gasteiger charge is -2.36. The largest absolute Gasteiger partial charge is 0.454 e. The number of anilines is 1. The van der Waals surface area contributed by atoms with Crippen molar-refractivity contribution < 1.29 is 28.7 Å². The summed E-state index contributed by atoms with van der Waals surface area (Å²) in [6.45, 7) is 4.86. The van der Waals surface area contributed by atoms with Gasteiger partial charge >= 0.3 is 0 Å². The third-order valence-electron chi connectivity index (χ3n) is 6.93. The molecule has 1 saturated heterocycles. The molecule has 0 aliphatic carbocycles. The molecule has 0 unspecified atom stereocenters. The zero-order valence-corrected chi connectivity index (χ0v) is 20.4. The van der Waals surface area contributed by atoms with Crippen LogP contribution in [-0.4, -0.2) is 59.4 Å². The summed E-state index contributed by atoms with van der Waals surface area (Å²) >= 11 is 0. The predicted molar refractivity (Wildman–Crippen MR) is 131 cm³/mol. The van der Waals surface area contributed by atoms with Crippen LogP contribution in [0.25, 0.3) is 0 Å². The molecule has 3 heterocycles. The number of carbonyl (C=O) groups excluding carboxylic acids is 4. The van der Waals surface area contributed by atoms with E-state index >= 15 is 0 Å². The molecule has 36 heavy (non-hydrogen) atoms. The number of nitrogens with zero attached hydrogens (tertiary/aromatic N) is 2. The zero-order chi connectivity index (χ0) is 25.4. The Balaban J connectivity index is 1.23. The SMILES string of the molecule is CC(C)C[C@H](C(=O)N1CCC(C(=O)Nc2ccc3c(c2)OCO3)CC1)N1C(=O)c2ccccc2C1=O. The van der Waals surface area contributed by atoms with E-state index in [0.29, 0.717) is 60.7 Å². The van der Waals surface area contributed by atoms with Crippen molar-refractivity contribution in [2.24, 2.45) is 11.8 Å². The average molecular weight is 492 g/mol. The Kier molecular flexibility index (Phi) is 6.38. The molecule has 1 atom stereocenters. The van der Waals surface area contributed by atoms with E-state index in [1.807, 2.05) is 13.8 Å². The van der Waals surface area contributed by atoms with E-state index in [1.165, 1.54) is 0 Å². The van der Waals surface area contributed by atoms with E-state index in [4.69, 9.17) is 9.47 Å². The van der Waals surface area contributed by atoms with E-state index < -0.39 is 17.9 Å². The molecule has 2 aromatic carbocycles. The highest BCUT2D eigenvalue weighted by atomic mass is 16.7. The lowest BCUT2D eigenvalue weighted by molar-refractivity contribution is -0.138. The molecule has 9 heteroatoms. The first kappa shape index (κ1) is 23.8. The normalized spacial score (nSPS) is 18.0. The Morgan fingerprint density at radius 1 is 0.972 bits per heavy atom. The van der Waals surface area contributed by atoms with E-state index in [0.717, 1.165) is 4.90 Å². The lowest BCUT2D eigenvalue weighted by Crippen LogP contribution is -2.53. The molecule has 1 fully saturated rings. The summed E-state index contributed by atoms with van der Waals surface area (Å²) in [6.07, 6.45) is 1.38. The molecule has 0 spiro atoms. The molecule has 0 bridgehead atoms. The summed E-state index contributed by atoms with van der Waals surface area (Å²) in [7, 11) is 0. The van der Waals surface area contributed by atoms with Gasteiger partial charge in [0.15, 0.2) is 11.5 Å². The number of imide groups is 1. The van der Waals surface area contributed by atoms with Crippen molar-refractivity contribution in [3.05, 3.63) is 53.6 Å². The minimum Gasteiger partial charge on any atom is -0.454 e. The molecule has 3 aliphatic rings. The molecular weight excluding hydrogens is 462 g/mol. The van der Waals surface area contributed by atoms with Crippen LogP contribution in [0.3, 0.4) is 0 Å². The maximum Gasteiger partial charge on any atom is 0.262 e. The minimum absolute atomic E-state index is 0.105. The van der Waals surface area contributed by atoms with Gasteiger partial charge in [0.25, 0.3) is 11.8 Å².